The minimum absolute atomic E-state index is 0.105. The molecule has 0 aliphatic heterocycles. The highest BCUT2D eigenvalue weighted by Gasteiger charge is 2.09. The number of halogens is 2. The predicted octanol–water partition coefficient (Wildman–Crippen LogP) is 5.69. The van der Waals surface area contributed by atoms with Crippen LogP contribution >= 0.6 is 23.2 Å². The standard InChI is InChI=1S/C22H20Cl2N2O3/c1-3-26-13-17(12-25-26)20(27)7-4-15-5-8-21(28-2)16(10-15)14-29-22-9-6-18(23)11-19(22)24/h4-13H,3,14H2,1-2H3/b7-4+. The maximum atomic E-state index is 12.3. The van der Waals surface area contributed by atoms with Gasteiger partial charge in [-0.1, -0.05) is 35.3 Å². The Labute approximate surface area is 179 Å². The lowest BCUT2D eigenvalue weighted by Crippen LogP contribution is -2.00. The van der Waals surface area contributed by atoms with Crippen LogP contribution in [0.1, 0.15) is 28.4 Å². The van der Waals surface area contributed by atoms with Gasteiger partial charge in [-0.05, 0) is 48.9 Å². The fourth-order valence-electron chi connectivity index (χ4n) is 2.69. The number of methoxy groups -OCH3 is 1. The highest BCUT2D eigenvalue weighted by atomic mass is 35.5. The van der Waals surface area contributed by atoms with E-state index in [-0.39, 0.29) is 12.4 Å². The number of carbonyl (C=O) groups is 1. The number of carbonyl (C=O) groups excluding carboxylic acids is 1. The van der Waals surface area contributed by atoms with Gasteiger partial charge in [-0.15, -0.1) is 0 Å². The van der Waals surface area contributed by atoms with Crippen LogP contribution in [0.3, 0.4) is 0 Å². The van der Waals surface area contributed by atoms with Gasteiger partial charge in [-0.2, -0.15) is 5.10 Å². The lowest BCUT2D eigenvalue weighted by Gasteiger charge is -2.12. The van der Waals surface area contributed by atoms with Crippen LogP contribution in [-0.2, 0) is 13.2 Å². The van der Waals surface area contributed by atoms with Gasteiger partial charge >= 0.3 is 0 Å². The molecule has 5 nitrogen and oxygen atoms in total. The molecule has 1 aromatic heterocycles. The highest BCUT2D eigenvalue weighted by Crippen LogP contribution is 2.29. The average molecular weight is 431 g/mol. The Morgan fingerprint density at radius 2 is 1.97 bits per heavy atom. The molecule has 7 heteroatoms. The van der Waals surface area contributed by atoms with E-state index in [0.717, 1.165) is 17.7 Å². The molecule has 29 heavy (non-hydrogen) atoms. The van der Waals surface area contributed by atoms with Crippen molar-refractivity contribution in [1.29, 1.82) is 0 Å². The summed E-state index contributed by atoms with van der Waals surface area (Å²) < 4.78 is 12.9. The summed E-state index contributed by atoms with van der Waals surface area (Å²) in [5, 5.41) is 5.10. The van der Waals surface area contributed by atoms with E-state index in [9.17, 15) is 4.79 Å². The first-order valence-electron chi connectivity index (χ1n) is 8.99. The van der Waals surface area contributed by atoms with Crippen LogP contribution in [0.4, 0.5) is 0 Å². The zero-order valence-electron chi connectivity index (χ0n) is 16.1. The Bertz CT molecular complexity index is 1040. The van der Waals surface area contributed by atoms with Crippen molar-refractivity contribution in [1.82, 2.24) is 9.78 Å². The third kappa shape index (κ3) is 5.40. The first-order chi connectivity index (χ1) is 14.0. The Balaban J connectivity index is 1.74. The molecule has 0 aliphatic carbocycles. The van der Waals surface area contributed by atoms with E-state index in [4.69, 9.17) is 32.7 Å². The Morgan fingerprint density at radius 1 is 1.17 bits per heavy atom. The number of hydrogen-bond acceptors (Lipinski definition) is 4. The van der Waals surface area contributed by atoms with Crippen LogP contribution in [0.25, 0.3) is 6.08 Å². The van der Waals surface area contributed by atoms with Gasteiger partial charge in [-0.25, -0.2) is 0 Å². The van der Waals surface area contributed by atoms with Crippen molar-refractivity contribution in [2.75, 3.05) is 7.11 Å². The molecule has 0 N–H and O–H groups in total. The molecule has 0 radical (unpaired) electrons. The van der Waals surface area contributed by atoms with E-state index in [1.165, 1.54) is 6.08 Å². The summed E-state index contributed by atoms with van der Waals surface area (Å²) in [7, 11) is 1.60. The van der Waals surface area contributed by atoms with Crippen LogP contribution in [0.2, 0.25) is 10.0 Å². The van der Waals surface area contributed by atoms with E-state index in [1.54, 1.807) is 48.5 Å². The molecular formula is C22H20Cl2N2O3. The Hall–Kier alpha value is -2.76. The summed E-state index contributed by atoms with van der Waals surface area (Å²) in [5.41, 5.74) is 2.23. The number of ketones is 1. The van der Waals surface area contributed by atoms with Crippen LogP contribution in [0.5, 0.6) is 11.5 Å². The maximum absolute atomic E-state index is 12.3. The molecular weight excluding hydrogens is 411 g/mol. The summed E-state index contributed by atoms with van der Waals surface area (Å²) in [6.45, 7) is 2.94. The van der Waals surface area contributed by atoms with Crippen LogP contribution in [0.15, 0.2) is 54.9 Å². The Kier molecular flexibility index (Phi) is 6.96. The van der Waals surface area contributed by atoms with Crippen molar-refractivity contribution >= 4 is 35.1 Å². The quantitative estimate of drug-likeness (QED) is 0.340. The van der Waals surface area contributed by atoms with Gasteiger partial charge in [0.15, 0.2) is 5.78 Å². The molecule has 0 bridgehead atoms. The lowest BCUT2D eigenvalue weighted by atomic mass is 10.1. The summed E-state index contributed by atoms with van der Waals surface area (Å²) >= 11 is 12.1. The van der Waals surface area contributed by atoms with Crippen LogP contribution in [-0.4, -0.2) is 22.7 Å². The maximum Gasteiger partial charge on any atom is 0.189 e. The molecule has 0 saturated carbocycles. The van der Waals surface area contributed by atoms with Crippen molar-refractivity contribution in [3.8, 4) is 11.5 Å². The summed E-state index contributed by atoms with van der Waals surface area (Å²) in [6, 6.07) is 10.7. The van der Waals surface area contributed by atoms with Crippen molar-refractivity contribution in [2.24, 2.45) is 0 Å². The second-order valence-electron chi connectivity index (χ2n) is 6.22. The van der Waals surface area contributed by atoms with Crippen LogP contribution in [0, 0.1) is 0 Å². The third-order valence-corrected chi connectivity index (χ3v) is 4.78. The topological polar surface area (TPSA) is 53.4 Å². The van der Waals surface area contributed by atoms with Gasteiger partial charge in [0.05, 0.1) is 23.9 Å². The van der Waals surface area contributed by atoms with Gasteiger partial charge < -0.3 is 9.47 Å². The molecule has 1 heterocycles. The second kappa shape index (κ2) is 9.63. The van der Waals surface area contributed by atoms with Gasteiger partial charge in [0.25, 0.3) is 0 Å². The normalized spacial score (nSPS) is 11.0. The molecule has 3 rings (SSSR count). The second-order valence-corrected chi connectivity index (χ2v) is 7.06. The molecule has 0 atom stereocenters. The monoisotopic (exact) mass is 430 g/mol. The van der Waals surface area contributed by atoms with Gasteiger partial charge in [0.1, 0.15) is 18.1 Å². The van der Waals surface area contributed by atoms with Gasteiger partial charge in [-0.3, -0.25) is 9.48 Å². The zero-order valence-corrected chi connectivity index (χ0v) is 17.6. The first kappa shape index (κ1) is 21.0. The molecule has 0 fully saturated rings. The number of aryl methyl sites for hydroxylation is 1. The lowest BCUT2D eigenvalue weighted by molar-refractivity contribution is 0.104. The molecule has 0 spiro atoms. The summed E-state index contributed by atoms with van der Waals surface area (Å²) in [6.07, 6.45) is 6.58. The number of hydrogen-bond donors (Lipinski definition) is 0. The van der Waals surface area contributed by atoms with E-state index < -0.39 is 0 Å². The van der Waals surface area contributed by atoms with Crippen molar-refractivity contribution < 1.29 is 14.3 Å². The van der Waals surface area contributed by atoms with Crippen LogP contribution < -0.4 is 9.47 Å². The largest absolute Gasteiger partial charge is 0.496 e. The molecule has 2 aromatic carbocycles. The number of allylic oxidation sites excluding steroid dienone is 1. The van der Waals surface area contributed by atoms with Gasteiger partial charge in [0.2, 0.25) is 0 Å². The van der Waals surface area contributed by atoms with Crippen molar-refractivity contribution in [2.45, 2.75) is 20.1 Å². The smallest absolute Gasteiger partial charge is 0.189 e. The van der Waals surface area contributed by atoms with E-state index in [2.05, 4.69) is 5.10 Å². The minimum atomic E-state index is -0.105. The number of rotatable bonds is 8. The molecule has 0 amide bonds. The van der Waals surface area contributed by atoms with Gasteiger partial charge in [0, 0.05) is 23.3 Å². The molecule has 0 aliphatic rings. The summed E-state index contributed by atoms with van der Waals surface area (Å²) in [4.78, 5) is 12.3. The molecule has 150 valence electrons. The summed E-state index contributed by atoms with van der Waals surface area (Å²) in [5.74, 6) is 1.11. The minimum Gasteiger partial charge on any atom is -0.496 e. The number of ether oxygens (including phenoxy) is 2. The molecule has 3 aromatic rings. The van der Waals surface area contributed by atoms with E-state index in [1.807, 2.05) is 25.1 Å². The predicted molar refractivity (Wildman–Crippen MR) is 115 cm³/mol. The third-order valence-electron chi connectivity index (χ3n) is 4.25. The SMILES string of the molecule is CCn1cc(C(=O)/C=C/c2ccc(OC)c(COc3ccc(Cl)cc3Cl)c2)cn1. The molecule has 0 saturated heterocycles. The number of benzene rings is 2. The number of nitrogens with zero attached hydrogens (tertiary/aromatic N) is 2. The zero-order chi connectivity index (χ0) is 20.8. The van der Waals surface area contributed by atoms with E-state index in [0.29, 0.717) is 27.1 Å². The number of aromatic nitrogens is 2. The van der Waals surface area contributed by atoms with E-state index >= 15 is 0 Å². The fraction of sp³-hybridized carbons (Fsp3) is 0.182. The van der Waals surface area contributed by atoms with Crippen molar-refractivity contribution in [3.63, 3.8) is 0 Å². The first-order valence-corrected chi connectivity index (χ1v) is 9.75. The Morgan fingerprint density at radius 3 is 2.66 bits per heavy atom. The molecule has 0 unspecified atom stereocenters. The average Bonchev–Trinajstić information content (AvgIpc) is 3.21. The fourth-order valence-corrected chi connectivity index (χ4v) is 3.16. The highest BCUT2D eigenvalue weighted by molar-refractivity contribution is 6.35. The van der Waals surface area contributed by atoms with Crippen molar-refractivity contribution in [3.05, 3.63) is 81.6 Å².